The van der Waals surface area contributed by atoms with Gasteiger partial charge in [-0.3, -0.25) is 9.36 Å². The largest absolute Gasteiger partial charge is 0.351 e. The second kappa shape index (κ2) is 9.52. The summed E-state index contributed by atoms with van der Waals surface area (Å²) in [6, 6.07) is 18.3. The molecule has 2 rings (SSSR count). The maximum absolute atomic E-state index is 13.3. The van der Waals surface area contributed by atoms with Gasteiger partial charge >= 0.3 is 7.60 Å². The minimum absolute atomic E-state index is 0.162. The van der Waals surface area contributed by atoms with Crippen molar-refractivity contribution >= 4 is 13.5 Å². The summed E-state index contributed by atoms with van der Waals surface area (Å²) in [6.45, 7) is 4.25. The molecule has 0 saturated carbocycles. The van der Waals surface area contributed by atoms with E-state index in [4.69, 9.17) is 9.05 Å². The Morgan fingerprint density at radius 2 is 1.48 bits per heavy atom. The van der Waals surface area contributed by atoms with E-state index in [-0.39, 0.29) is 25.7 Å². The molecule has 0 heterocycles. The Balaban J connectivity index is 2.23. The molecular weight excluding hydrogens is 337 g/mol. The van der Waals surface area contributed by atoms with Gasteiger partial charge in [-0.1, -0.05) is 48.5 Å². The van der Waals surface area contributed by atoms with E-state index in [0.717, 1.165) is 5.56 Å². The van der Waals surface area contributed by atoms with Crippen LogP contribution in [0, 0.1) is 0 Å². The molecule has 1 amide bonds. The molecule has 0 bridgehead atoms. The lowest BCUT2D eigenvalue weighted by atomic mass is 10.1. The van der Waals surface area contributed by atoms with Crippen molar-refractivity contribution in [3.63, 3.8) is 0 Å². The van der Waals surface area contributed by atoms with Gasteiger partial charge in [-0.2, -0.15) is 0 Å². The maximum atomic E-state index is 13.3. The quantitative estimate of drug-likeness (QED) is 0.672. The third kappa shape index (κ3) is 5.27. The van der Waals surface area contributed by atoms with Gasteiger partial charge in [-0.15, -0.1) is 0 Å². The van der Waals surface area contributed by atoms with Crippen LogP contribution >= 0.6 is 7.60 Å². The van der Waals surface area contributed by atoms with Gasteiger partial charge in [-0.25, -0.2) is 0 Å². The molecule has 0 spiro atoms. The normalized spacial score (nSPS) is 12.6. The molecule has 1 unspecified atom stereocenters. The third-order valence-electron chi connectivity index (χ3n) is 3.68. The highest BCUT2D eigenvalue weighted by Gasteiger charge is 2.37. The van der Waals surface area contributed by atoms with E-state index < -0.39 is 13.3 Å². The van der Waals surface area contributed by atoms with E-state index in [2.05, 4.69) is 5.32 Å². The second-order valence-electron chi connectivity index (χ2n) is 5.38. The summed E-state index contributed by atoms with van der Waals surface area (Å²) in [5.41, 5.74) is 0.791. The fourth-order valence-electron chi connectivity index (χ4n) is 2.55. The Hall–Kier alpha value is -1.94. The van der Waals surface area contributed by atoms with Crippen molar-refractivity contribution in [1.29, 1.82) is 0 Å². The van der Waals surface area contributed by atoms with E-state index in [1.807, 2.05) is 36.4 Å². The highest BCUT2D eigenvalue weighted by molar-refractivity contribution is 7.54. The lowest BCUT2D eigenvalue weighted by molar-refractivity contribution is 0.0952. The van der Waals surface area contributed by atoms with Gasteiger partial charge < -0.3 is 14.4 Å². The molecule has 2 aromatic rings. The molecule has 0 radical (unpaired) electrons. The van der Waals surface area contributed by atoms with Crippen LogP contribution in [-0.2, 0) is 13.6 Å². The van der Waals surface area contributed by atoms with E-state index in [1.165, 1.54) is 0 Å². The lowest BCUT2D eigenvalue weighted by Crippen LogP contribution is -2.29. The molecule has 0 aliphatic rings. The SMILES string of the molecule is CCOP(=O)(OCC)C(CNC(=O)c1ccccc1)c1ccccc1. The topological polar surface area (TPSA) is 64.6 Å². The average Bonchev–Trinajstić information content (AvgIpc) is 2.63. The van der Waals surface area contributed by atoms with Gasteiger partial charge in [0.2, 0.25) is 0 Å². The molecule has 1 N–H and O–H groups in total. The average molecular weight is 361 g/mol. The van der Waals surface area contributed by atoms with Gasteiger partial charge in [0.25, 0.3) is 5.91 Å². The minimum atomic E-state index is -3.41. The molecule has 25 heavy (non-hydrogen) atoms. The van der Waals surface area contributed by atoms with E-state index in [9.17, 15) is 9.36 Å². The Morgan fingerprint density at radius 3 is 2.00 bits per heavy atom. The summed E-state index contributed by atoms with van der Waals surface area (Å²) in [5, 5.41) is 2.85. The van der Waals surface area contributed by atoms with Crippen LogP contribution in [0.25, 0.3) is 0 Å². The van der Waals surface area contributed by atoms with Gasteiger partial charge in [-0.05, 0) is 31.5 Å². The monoisotopic (exact) mass is 361 g/mol. The standard InChI is InChI=1S/C19H24NO4P/c1-3-23-25(22,24-4-2)18(16-11-7-5-8-12-16)15-20-19(21)17-13-9-6-10-14-17/h5-14,18H,3-4,15H2,1-2H3,(H,20,21). The van der Waals surface area contributed by atoms with Crippen molar-refractivity contribution in [3.8, 4) is 0 Å². The summed E-state index contributed by atoms with van der Waals surface area (Å²) in [5.74, 6) is -0.221. The number of rotatable bonds is 9. The zero-order valence-electron chi connectivity index (χ0n) is 14.6. The molecule has 2 aromatic carbocycles. The van der Waals surface area contributed by atoms with Crippen LogP contribution in [0.15, 0.2) is 60.7 Å². The number of amides is 1. The summed E-state index contributed by atoms with van der Waals surface area (Å²) >= 11 is 0. The first kappa shape index (κ1) is 19.4. The fraction of sp³-hybridized carbons (Fsp3) is 0.316. The molecule has 6 heteroatoms. The molecule has 0 saturated heterocycles. The van der Waals surface area contributed by atoms with Crippen molar-refractivity contribution in [1.82, 2.24) is 5.32 Å². The maximum Gasteiger partial charge on any atom is 0.339 e. The highest BCUT2D eigenvalue weighted by Crippen LogP contribution is 2.60. The molecule has 5 nitrogen and oxygen atoms in total. The first-order valence-electron chi connectivity index (χ1n) is 8.37. The number of benzene rings is 2. The molecule has 134 valence electrons. The second-order valence-corrected chi connectivity index (χ2v) is 7.60. The molecular formula is C19H24NO4P. The Bertz CT molecular complexity index is 696. The van der Waals surface area contributed by atoms with Gasteiger partial charge in [0, 0.05) is 12.1 Å². The molecule has 0 aromatic heterocycles. The minimum Gasteiger partial charge on any atom is -0.351 e. The van der Waals surface area contributed by atoms with Crippen molar-refractivity contribution < 1.29 is 18.4 Å². The summed E-state index contributed by atoms with van der Waals surface area (Å²) in [4.78, 5) is 12.3. The predicted molar refractivity (Wildman–Crippen MR) is 98.8 cm³/mol. The van der Waals surface area contributed by atoms with Crippen LogP contribution in [0.3, 0.4) is 0 Å². The van der Waals surface area contributed by atoms with E-state index in [1.54, 1.807) is 38.1 Å². The van der Waals surface area contributed by atoms with Gasteiger partial charge in [0.1, 0.15) is 5.66 Å². The predicted octanol–water partition coefficient (Wildman–Crippen LogP) is 4.42. The molecule has 0 aliphatic carbocycles. The number of carbonyl (C=O) groups excluding carboxylic acids is 1. The van der Waals surface area contributed by atoms with Crippen molar-refractivity contribution in [2.45, 2.75) is 19.5 Å². The van der Waals surface area contributed by atoms with Crippen LogP contribution in [0.1, 0.15) is 35.4 Å². The van der Waals surface area contributed by atoms with Crippen LogP contribution in [-0.4, -0.2) is 25.7 Å². The number of carbonyl (C=O) groups is 1. The van der Waals surface area contributed by atoms with Crippen LogP contribution in [0.2, 0.25) is 0 Å². The Morgan fingerprint density at radius 1 is 0.960 bits per heavy atom. The summed E-state index contributed by atoms with van der Waals surface area (Å²) < 4.78 is 24.3. The Labute approximate surface area is 148 Å². The van der Waals surface area contributed by atoms with Crippen molar-refractivity contribution in [2.75, 3.05) is 19.8 Å². The summed E-state index contributed by atoms with van der Waals surface area (Å²) in [6.07, 6.45) is 0. The summed E-state index contributed by atoms with van der Waals surface area (Å²) in [7, 11) is -3.41. The smallest absolute Gasteiger partial charge is 0.339 e. The molecule has 1 atom stereocenters. The van der Waals surface area contributed by atoms with Crippen molar-refractivity contribution in [2.24, 2.45) is 0 Å². The van der Waals surface area contributed by atoms with Crippen LogP contribution < -0.4 is 5.32 Å². The van der Waals surface area contributed by atoms with Crippen molar-refractivity contribution in [3.05, 3.63) is 71.8 Å². The number of hydrogen-bond acceptors (Lipinski definition) is 4. The van der Waals surface area contributed by atoms with Gasteiger partial charge in [0.15, 0.2) is 0 Å². The zero-order chi connectivity index (χ0) is 18.1. The first-order chi connectivity index (χ1) is 12.1. The Kier molecular flexibility index (Phi) is 7.38. The van der Waals surface area contributed by atoms with E-state index in [0.29, 0.717) is 5.56 Å². The van der Waals surface area contributed by atoms with Crippen LogP contribution in [0.5, 0.6) is 0 Å². The van der Waals surface area contributed by atoms with Crippen LogP contribution in [0.4, 0.5) is 0 Å². The number of nitrogens with one attached hydrogen (secondary N) is 1. The molecule has 0 aliphatic heterocycles. The lowest BCUT2D eigenvalue weighted by Gasteiger charge is -2.27. The highest BCUT2D eigenvalue weighted by atomic mass is 31.2. The first-order valence-corrected chi connectivity index (χ1v) is 9.99. The fourth-order valence-corrected chi connectivity index (χ4v) is 4.55. The van der Waals surface area contributed by atoms with E-state index >= 15 is 0 Å². The number of hydrogen-bond donors (Lipinski definition) is 1. The van der Waals surface area contributed by atoms with Gasteiger partial charge in [0.05, 0.1) is 13.2 Å². The molecule has 0 fully saturated rings. The third-order valence-corrected chi connectivity index (χ3v) is 6.16. The zero-order valence-corrected chi connectivity index (χ0v) is 15.4.